The van der Waals surface area contributed by atoms with Gasteiger partial charge in [0.05, 0.1) is 18.0 Å². The SMILES string of the molecule is CC1(C)CCC(=O)Nc2cc(Nc3ncc(Cl)c(Nc4ccccc4S(=O)(=O)N4CCC(O)C4)n3)ccc21. The summed E-state index contributed by atoms with van der Waals surface area (Å²) in [6, 6.07) is 12.2. The van der Waals surface area contributed by atoms with Gasteiger partial charge in [0.25, 0.3) is 0 Å². The molecule has 3 heterocycles. The number of fused-ring (bicyclic) bond motifs is 1. The van der Waals surface area contributed by atoms with Crippen molar-refractivity contribution in [1.29, 1.82) is 0 Å². The molecule has 0 saturated carbocycles. The van der Waals surface area contributed by atoms with E-state index in [9.17, 15) is 18.3 Å². The summed E-state index contributed by atoms with van der Waals surface area (Å²) in [6.45, 7) is 4.53. The number of amides is 1. The molecule has 0 aliphatic carbocycles. The van der Waals surface area contributed by atoms with Gasteiger partial charge in [-0.2, -0.15) is 9.29 Å². The molecule has 200 valence electrons. The van der Waals surface area contributed by atoms with Crippen molar-refractivity contribution in [1.82, 2.24) is 14.3 Å². The highest BCUT2D eigenvalue weighted by atomic mass is 35.5. The molecule has 1 atom stereocenters. The van der Waals surface area contributed by atoms with Crippen molar-refractivity contribution in [3.05, 3.63) is 59.2 Å². The number of para-hydroxylation sites is 1. The number of nitrogens with one attached hydrogen (secondary N) is 3. The highest BCUT2D eigenvalue weighted by molar-refractivity contribution is 7.89. The molecule has 5 rings (SSSR count). The van der Waals surface area contributed by atoms with Crippen LogP contribution >= 0.6 is 11.6 Å². The zero-order valence-corrected chi connectivity index (χ0v) is 22.6. The largest absolute Gasteiger partial charge is 0.392 e. The van der Waals surface area contributed by atoms with Crippen LogP contribution in [0.5, 0.6) is 0 Å². The number of sulfonamides is 1. The Balaban J connectivity index is 1.41. The number of hydrogen-bond donors (Lipinski definition) is 4. The van der Waals surface area contributed by atoms with Gasteiger partial charge in [-0.15, -0.1) is 0 Å². The second kappa shape index (κ2) is 10.1. The Labute approximate surface area is 226 Å². The van der Waals surface area contributed by atoms with Crippen LogP contribution < -0.4 is 16.0 Å². The number of anilines is 5. The first-order valence-corrected chi connectivity index (χ1v) is 14.1. The monoisotopic (exact) mass is 556 g/mol. The molecule has 1 amide bonds. The van der Waals surface area contributed by atoms with E-state index in [1.807, 2.05) is 18.2 Å². The van der Waals surface area contributed by atoms with Crippen molar-refractivity contribution in [2.75, 3.05) is 29.0 Å². The molecule has 2 aliphatic heterocycles. The van der Waals surface area contributed by atoms with E-state index >= 15 is 0 Å². The molecule has 1 saturated heterocycles. The number of aliphatic hydroxyl groups is 1. The summed E-state index contributed by atoms with van der Waals surface area (Å²) in [7, 11) is -3.85. The van der Waals surface area contributed by atoms with Crippen LogP contribution in [0.15, 0.2) is 53.6 Å². The second-order valence-electron chi connectivity index (χ2n) is 10.1. The van der Waals surface area contributed by atoms with Gasteiger partial charge in [-0.1, -0.05) is 43.6 Å². The van der Waals surface area contributed by atoms with Crippen LogP contribution in [0.4, 0.5) is 28.8 Å². The van der Waals surface area contributed by atoms with Gasteiger partial charge in [-0.3, -0.25) is 4.79 Å². The maximum Gasteiger partial charge on any atom is 0.245 e. The fraction of sp³-hybridized carbons (Fsp3) is 0.346. The van der Waals surface area contributed by atoms with Gasteiger partial charge in [0.15, 0.2) is 5.82 Å². The topological polar surface area (TPSA) is 137 Å². The first kappa shape index (κ1) is 26.4. The number of β-amino-alcohol motifs (C(OH)–C–C–N with tert-alkyl or cyclic N) is 1. The Kier molecular flexibility index (Phi) is 7.03. The van der Waals surface area contributed by atoms with Crippen molar-refractivity contribution in [3.8, 4) is 0 Å². The van der Waals surface area contributed by atoms with E-state index in [1.54, 1.807) is 18.2 Å². The molecule has 0 spiro atoms. The first-order chi connectivity index (χ1) is 18.0. The molecule has 4 N–H and O–H groups in total. The van der Waals surface area contributed by atoms with Crippen LogP contribution in [0.2, 0.25) is 5.02 Å². The summed E-state index contributed by atoms with van der Waals surface area (Å²) < 4.78 is 27.8. The van der Waals surface area contributed by atoms with E-state index in [0.29, 0.717) is 24.2 Å². The number of rotatable bonds is 6. The lowest BCUT2D eigenvalue weighted by atomic mass is 9.80. The highest BCUT2D eigenvalue weighted by Gasteiger charge is 2.33. The minimum atomic E-state index is -3.85. The molecule has 0 bridgehead atoms. The van der Waals surface area contributed by atoms with Crippen molar-refractivity contribution >= 4 is 56.4 Å². The predicted octanol–water partition coefficient (Wildman–Crippen LogP) is 4.38. The summed E-state index contributed by atoms with van der Waals surface area (Å²) in [6.07, 6.45) is 2.34. The van der Waals surface area contributed by atoms with Gasteiger partial charge in [-0.25, -0.2) is 13.4 Å². The van der Waals surface area contributed by atoms with Gasteiger partial charge < -0.3 is 21.1 Å². The summed E-state index contributed by atoms with van der Waals surface area (Å²) in [4.78, 5) is 21.0. The van der Waals surface area contributed by atoms with Crippen LogP contribution in [0.3, 0.4) is 0 Å². The summed E-state index contributed by atoms with van der Waals surface area (Å²) in [5, 5.41) is 19.2. The third kappa shape index (κ3) is 5.32. The molecule has 1 aromatic heterocycles. The quantitative estimate of drug-likeness (QED) is 0.351. The first-order valence-electron chi connectivity index (χ1n) is 12.3. The smallest absolute Gasteiger partial charge is 0.245 e. The maximum absolute atomic E-state index is 13.3. The Morgan fingerprint density at radius 2 is 1.97 bits per heavy atom. The number of nitrogens with zero attached hydrogens (tertiary/aromatic N) is 3. The van der Waals surface area contributed by atoms with Crippen LogP contribution in [-0.2, 0) is 20.2 Å². The third-order valence-corrected chi connectivity index (χ3v) is 9.08. The number of benzene rings is 2. The van der Waals surface area contributed by atoms with Crippen molar-refractivity contribution in [3.63, 3.8) is 0 Å². The molecule has 1 unspecified atom stereocenters. The molecule has 10 nitrogen and oxygen atoms in total. The van der Waals surface area contributed by atoms with Gasteiger partial charge in [0.2, 0.25) is 21.9 Å². The Morgan fingerprint density at radius 3 is 2.74 bits per heavy atom. The number of carbonyl (C=O) groups is 1. The van der Waals surface area contributed by atoms with Crippen LogP contribution in [0.25, 0.3) is 0 Å². The van der Waals surface area contributed by atoms with E-state index in [2.05, 4.69) is 39.8 Å². The van der Waals surface area contributed by atoms with Crippen LogP contribution in [-0.4, -0.2) is 52.9 Å². The third-order valence-electron chi connectivity index (χ3n) is 6.88. The van der Waals surface area contributed by atoms with E-state index in [-0.39, 0.29) is 46.1 Å². The van der Waals surface area contributed by atoms with Crippen molar-refractivity contribution < 1.29 is 18.3 Å². The Bertz CT molecular complexity index is 1500. The minimum absolute atomic E-state index is 0.0275. The molecule has 2 aromatic carbocycles. The lowest BCUT2D eigenvalue weighted by Crippen LogP contribution is -2.30. The van der Waals surface area contributed by atoms with E-state index < -0.39 is 16.1 Å². The van der Waals surface area contributed by atoms with Gasteiger partial charge in [-0.05, 0) is 48.1 Å². The molecule has 12 heteroatoms. The number of carbonyl (C=O) groups excluding carboxylic acids is 1. The summed E-state index contributed by atoms with van der Waals surface area (Å²) in [5.41, 5.74) is 2.61. The van der Waals surface area contributed by atoms with E-state index in [1.165, 1.54) is 16.6 Å². The standard InChI is InChI=1S/C26H29ClN6O4S/c1-26(2)11-9-23(35)30-21-13-16(7-8-18(21)26)29-25-28-14-19(27)24(32-25)31-20-5-3-4-6-22(20)38(36,37)33-12-10-17(34)15-33/h3-8,13-14,17,34H,9-12,15H2,1-2H3,(H,30,35)(H2,28,29,31,32). The Hall–Kier alpha value is -3.25. The number of aromatic nitrogens is 2. The lowest BCUT2D eigenvalue weighted by Gasteiger charge is -2.25. The summed E-state index contributed by atoms with van der Waals surface area (Å²) in [5.74, 6) is 0.428. The minimum Gasteiger partial charge on any atom is -0.392 e. The van der Waals surface area contributed by atoms with E-state index in [4.69, 9.17) is 11.6 Å². The lowest BCUT2D eigenvalue weighted by molar-refractivity contribution is -0.116. The number of aliphatic hydroxyl groups excluding tert-OH is 1. The number of halogens is 1. The van der Waals surface area contributed by atoms with Crippen LogP contribution in [0.1, 0.15) is 38.7 Å². The molecule has 2 aliphatic rings. The average Bonchev–Trinajstić information content (AvgIpc) is 3.28. The van der Waals surface area contributed by atoms with Crippen LogP contribution in [0, 0.1) is 0 Å². The fourth-order valence-electron chi connectivity index (χ4n) is 4.72. The molecule has 0 radical (unpaired) electrons. The summed E-state index contributed by atoms with van der Waals surface area (Å²) >= 11 is 6.37. The van der Waals surface area contributed by atoms with Gasteiger partial charge >= 0.3 is 0 Å². The molecule has 3 aromatic rings. The zero-order chi connectivity index (χ0) is 27.1. The van der Waals surface area contributed by atoms with Crippen molar-refractivity contribution in [2.45, 2.75) is 49.5 Å². The average molecular weight is 557 g/mol. The highest BCUT2D eigenvalue weighted by Crippen LogP contribution is 2.38. The van der Waals surface area contributed by atoms with E-state index in [0.717, 1.165) is 17.7 Å². The molecule has 38 heavy (non-hydrogen) atoms. The number of hydrogen-bond acceptors (Lipinski definition) is 8. The fourth-order valence-corrected chi connectivity index (χ4v) is 6.50. The van der Waals surface area contributed by atoms with Gasteiger partial charge in [0.1, 0.15) is 9.92 Å². The predicted molar refractivity (Wildman–Crippen MR) is 147 cm³/mol. The Morgan fingerprint density at radius 1 is 1.18 bits per heavy atom. The molecular weight excluding hydrogens is 528 g/mol. The van der Waals surface area contributed by atoms with Gasteiger partial charge in [0, 0.05) is 30.9 Å². The maximum atomic E-state index is 13.3. The normalized spacial score (nSPS) is 19.4. The van der Waals surface area contributed by atoms with Crippen molar-refractivity contribution in [2.24, 2.45) is 0 Å². The molecular formula is C26H29ClN6O4S. The molecule has 1 fully saturated rings. The second-order valence-corrected chi connectivity index (χ2v) is 12.4. The zero-order valence-electron chi connectivity index (χ0n) is 21.0.